The Morgan fingerprint density at radius 2 is 1.81 bits per heavy atom. The van der Waals surface area contributed by atoms with Gasteiger partial charge in [-0.3, -0.25) is 9.59 Å². The van der Waals surface area contributed by atoms with Crippen molar-refractivity contribution in [1.82, 2.24) is 0 Å². The fraction of sp³-hybridized carbons (Fsp3) is 0.238. The zero-order chi connectivity index (χ0) is 19.2. The molecule has 0 atom stereocenters. The van der Waals surface area contributed by atoms with E-state index in [1.165, 1.54) is 6.08 Å². The van der Waals surface area contributed by atoms with Crippen LogP contribution in [-0.4, -0.2) is 32.6 Å². The molecule has 0 bridgehead atoms. The predicted molar refractivity (Wildman–Crippen MR) is 105 cm³/mol. The van der Waals surface area contributed by atoms with Crippen LogP contribution in [0.25, 0.3) is 6.08 Å². The van der Waals surface area contributed by atoms with Gasteiger partial charge in [0, 0.05) is 30.4 Å². The highest BCUT2D eigenvalue weighted by Crippen LogP contribution is 2.28. The molecule has 6 heteroatoms. The van der Waals surface area contributed by atoms with E-state index in [2.05, 4.69) is 5.32 Å². The van der Waals surface area contributed by atoms with Crippen molar-refractivity contribution >= 4 is 29.3 Å². The lowest BCUT2D eigenvalue weighted by molar-refractivity contribution is -0.117. The molecule has 1 fully saturated rings. The fourth-order valence-electron chi connectivity index (χ4n) is 2.96. The Hall–Kier alpha value is -3.28. The smallest absolute Gasteiger partial charge is 0.248 e. The molecule has 3 rings (SSSR count). The maximum Gasteiger partial charge on any atom is 0.248 e. The molecule has 27 heavy (non-hydrogen) atoms. The first kappa shape index (κ1) is 18.5. The summed E-state index contributed by atoms with van der Waals surface area (Å²) < 4.78 is 10.4. The number of methoxy groups -OCH3 is 2. The van der Waals surface area contributed by atoms with Gasteiger partial charge in [-0.1, -0.05) is 6.07 Å². The fourth-order valence-corrected chi connectivity index (χ4v) is 2.96. The zero-order valence-corrected chi connectivity index (χ0v) is 15.4. The summed E-state index contributed by atoms with van der Waals surface area (Å²) in [7, 11) is 3.14. The molecule has 2 amide bonds. The minimum absolute atomic E-state index is 0.143. The Morgan fingerprint density at radius 3 is 2.44 bits per heavy atom. The third-order valence-electron chi connectivity index (χ3n) is 4.35. The average molecular weight is 366 g/mol. The van der Waals surface area contributed by atoms with Gasteiger partial charge in [0.15, 0.2) is 11.5 Å². The predicted octanol–water partition coefficient (Wildman–Crippen LogP) is 3.48. The Kier molecular flexibility index (Phi) is 5.76. The van der Waals surface area contributed by atoms with Crippen molar-refractivity contribution in [2.75, 3.05) is 31.0 Å². The minimum Gasteiger partial charge on any atom is -0.493 e. The van der Waals surface area contributed by atoms with E-state index in [0.29, 0.717) is 23.6 Å². The first-order valence-electron chi connectivity index (χ1n) is 8.72. The first-order chi connectivity index (χ1) is 13.1. The lowest BCUT2D eigenvalue weighted by atomic mass is 10.2. The molecule has 2 aromatic carbocycles. The Morgan fingerprint density at radius 1 is 1.07 bits per heavy atom. The van der Waals surface area contributed by atoms with Crippen LogP contribution in [0.4, 0.5) is 11.4 Å². The van der Waals surface area contributed by atoms with E-state index in [1.54, 1.807) is 49.5 Å². The number of carbonyl (C=O) groups excluding carboxylic acids is 2. The molecule has 0 aromatic heterocycles. The van der Waals surface area contributed by atoms with Crippen molar-refractivity contribution in [3.05, 3.63) is 54.1 Å². The van der Waals surface area contributed by atoms with Gasteiger partial charge in [0.25, 0.3) is 0 Å². The summed E-state index contributed by atoms with van der Waals surface area (Å²) in [4.78, 5) is 25.7. The summed E-state index contributed by atoms with van der Waals surface area (Å²) >= 11 is 0. The van der Waals surface area contributed by atoms with Gasteiger partial charge >= 0.3 is 0 Å². The lowest BCUT2D eigenvalue weighted by Crippen LogP contribution is -2.23. The maximum atomic E-state index is 12.1. The number of amides is 2. The van der Waals surface area contributed by atoms with E-state index in [1.807, 2.05) is 18.2 Å². The number of anilines is 2. The number of nitrogens with one attached hydrogen (secondary N) is 1. The van der Waals surface area contributed by atoms with Crippen LogP contribution in [0.2, 0.25) is 0 Å². The van der Waals surface area contributed by atoms with Crippen molar-refractivity contribution in [2.24, 2.45) is 0 Å². The van der Waals surface area contributed by atoms with Gasteiger partial charge in [-0.05, 0) is 54.5 Å². The van der Waals surface area contributed by atoms with Crippen LogP contribution in [0.5, 0.6) is 11.5 Å². The van der Waals surface area contributed by atoms with Crippen molar-refractivity contribution in [1.29, 1.82) is 0 Å². The topological polar surface area (TPSA) is 67.9 Å². The zero-order valence-electron chi connectivity index (χ0n) is 15.4. The number of ether oxygens (including phenoxy) is 2. The van der Waals surface area contributed by atoms with Crippen molar-refractivity contribution in [3.8, 4) is 11.5 Å². The van der Waals surface area contributed by atoms with Gasteiger partial charge in [0.05, 0.1) is 14.2 Å². The quantitative estimate of drug-likeness (QED) is 0.795. The summed E-state index contributed by atoms with van der Waals surface area (Å²) in [6.45, 7) is 0.749. The summed E-state index contributed by atoms with van der Waals surface area (Å²) in [5.41, 5.74) is 2.36. The van der Waals surface area contributed by atoms with E-state index in [9.17, 15) is 9.59 Å². The van der Waals surface area contributed by atoms with E-state index < -0.39 is 0 Å². The highest BCUT2D eigenvalue weighted by atomic mass is 16.5. The summed E-state index contributed by atoms with van der Waals surface area (Å²) in [5.74, 6) is 1.14. The van der Waals surface area contributed by atoms with Gasteiger partial charge in [0.1, 0.15) is 0 Å². The molecule has 1 heterocycles. The summed E-state index contributed by atoms with van der Waals surface area (Å²) in [6, 6.07) is 12.7. The monoisotopic (exact) mass is 366 g/mol. The molecule has 0 saturated carbocycles. The third kappa shape index (κ3) is 4.47. The van der Waals surface area contributed by atoms with E-state index in [4.69, 9.17) is 9.47 Å². The van der Waals surface area contributed by atoms with E-state index >= 15 is 0 Å². The van der Waals surface area contributed by atoms with Crippen molar-refractivity contribution < 1.29 is 19.1 Å². The van der Waals surface area contributed by atoms with Crippen LogP contribution in [-0.2, 0) is 9.59 Å². The molecule has 0 radical (unpaired) electrons. The van der Waals surface area contributed by atoms with Gasteiger partial charge < -0.3 is 19.7 Å². The highest BCUT2D eigenvalue weighted by molar-refractivity contribution is 6.02. The number of nitrogens with zero attached hydrogens (tertiary/aromatic N) is 1. The molecule has 6 nitrogen and oxygen atoms in total. The van der Waals surface area contributed by atoms with Crippen LogP contribution in [0.3, 0.4) is 0 Å². The molecule has 0 unspecified atom stereocenters. The second-order valence-electron chi connectivity index (χ2n) is 6.13. The molecule has 0 aliphatic carbocycles. The van der Waals surface area contributed by atoms with E-state index in [-0.39, 0.29) is 11.8 Å². The number of hydrogen-bond donors (Lipinski definition) is 1. The largest absolute Gasteiger partial charge is 0.493 e. The van der Waals surface area contributed by atoms with Crippen molar-refractivity contribution in [2.45, 2.75) is 12.8 Å². The van der Waals surface area contributed by atoms with E-state index in [0.717, 1.165) is 24.2 Å². The van der Waals surface area contributed by atoms with Crippen LogP contribution in [0.1, 0.15) is 18.4 Å². The van der Waals surface area contributed by atoms with Crippen LogP contribution >= 0.6 is 0 Å². The Labute approximate surface area is 158 Å². The van der Waals surface area contributed by atoms with Crippen molar-refractivity contribution in [3.63, 3.8) is 0 Å². The number of benzene rings is 2. The molecule has 0 spiro atoms. The molecule has 2 aromatic rings. The average Bonchev–Trinajstić information content (AvgIpc) is 3.12. The summed E-state index contributed by atoms with van der Waals surface area (Å²) in [6.07, 6.45) is 4.64. The molecule has 1 aliphatic heterocycles. The minimum atomic E-state index is -0.241. The number of carbonyl (C=O) groups is 2. The van der Waals surface area contributed by atoms with Crippen LogP contribution in [0, 0.1) is 0 Å². The number of rotatable bonds is 6. The van der Waals surface area contributed by atoms with Crippen LogP contribution in [0.15, 0.2) is 48.5 Å². The first-order valence-corrected chi connectivity index (χ1v) is 8.72. The van der Waals surface area contributed by atoms with Gasteiger partial charge in [-0.2, -0.15) is 0 Å². The molecular formula is C21H22N2O4. The normalized spacial score (nSPS) is 13.9. The van der Waals surface area contributed by atoms with Crippen LogP contribution < -0.4 is 19.7 Å². The molecule has 1 aliphatic rings. The van der Waals surface area contributed by atoms with Gasteiger partial charge in [0.2, 0.25) is 11.8 Å². The number of hydrogen-bond acceptors (Lipinski definition) is 4. The van der Waals surface area contributed by atoms with Gasteiger partial charge in [-0.25, -0.2) is 0 Å². The van der Waals surface area contributed by atoms with Gasteiger partial charge in [-0.15, -0.1) is 0 Å². The molecular weight excluding hydrogens is 344 g/mol. The molecule has 1 N–H and O–H groups in total. The SMILES string of the molecule is COc1ccc(/C=C/C(=O)Nc2ccc(N3CCCC3=O)cc2)cc1OC. The second kappa shape index (κ2) is 8.40. The molecule has 140 valence electrons. The second-order valence-corrected chi connectivity index (χ2v) is 6.13. The third-order valence-corrected chi connectivity index (χ3v) is 4.35. The standard InChI is InChI=1S/C21H22N2O4/c1-26-18-11-5-15(14-19(18)27-2)6-12-20(24)22-16-7-9-17(10-8-16)23-13-3-4-21(23)25/h5-12,14H,3-4,13H2,1-2H3,(H,22,24)/b12-6+. The Bertz CT molecular complexity index is 859. The molecule has 1 saturated heterocycles. The Balaban J connectivity index is 1.62. The highest BCUT2D eigenvalue weighted by Gasteiger charge is 2.21. The maximum absolute atomic E-state index is 12.1. The summed E-state index contributed by atoms with van der Waals surface area (Å²) in [5, 5.41) is 2.81. The lowest BCUT2D eigenvalue weighted by Gasteiger charge is -2.15.